The van der Waals surface area contributed by atoms with Crippen molar-refractivity contribution in [3.8, 4) is 0 Å². The molecule has 0 aromatic carbocycles. The number of hydrogen-bond acceptors (Lipinski definition) is 3. The highest BCUT2D eigenvalue weighted by molar-refractivity contribution is 5.74. The zero-order valence-corrected chi connectivity index (χ0v) is 11.9. The van der Waals surface area contributed by atoms with Gasteiger partial charge in [-0.3, -0.25) is 9.78 Å². The van der Waals surface area contributed by atoms with Gasteiger partial charge in [0.1, 0.15) is 0 Å². The molecule has 1 aromatic heterocycles. The molecule has 0 bridgehead atoms. The predicted octanol–water partition coefficient (Wildman–Crippen LogP) is 1.57. The summed E-state index contributed by atoms with van der Waals surface area (Å²) in [6.07, 6.45) is 6.96. The zero-order chi connectivity index (χ0) is 15.1. The molecule has 0 atom stereocenters. The molecule has 1 aromatic rings. The minimum atomic E-state index is -0.727. The number of carbonyl (C=O) groups is 2. The smallest absolute Gasteiger partial charge is 0.315 e. The Morgan fingerprint density at radius 3 is 2.48 bits per heavy atom. The van der Waals surface area contributed by atoms with Gasteiger partial charge in [0, 0.05) is 25.0 Å². The number of aliphatic carboxylic acids is 1. The van der Waals surface area contributed by atoms with Crippen LogP contribution in [0.2, 0.25) is 0 Å². The van der Waals surface area contributed by atoms with Crippen LogP contribution in [0, 0.1) is 5.92 Å². The van der Waals surface area contributed by atoms with Gasteiger partial charge < -0.3 is 15.7 Å². The molecule has 6 nitrogen and oxygen atoms in total. The van der Waals surface area contributed by atoms with Crippen LogP contribution in [-0.4, -0.2) is 34.7 Å². The first-order valence-electron chi connectivity index (χ1n) is 7.31. The minimum Gasteiger partial charge on any atom is -0.481 e. The molecule has 21 heavy (non-hydrogen) atoms. The Morgan fingerprint density at radius 1 is 1.19 bits per heavy atom. The van der Waals surface area contributed by atoms with Crippen LogP contribution in [0.15, 0.2) is 24.5 Å². The Labute approximate surface area is 124 Å². The fourth-order valence-corrected chi connectivity index (χ4v) is 2.59. The third-order valence-electron chi connectivity index (χ3n) is 3.86. The van der Waals surface area contributed by atoms with Gasteiger partial charge >= 0.3 is 12.0 Å². The van der Waals surface area contributed by atoms with Crippen LogP contribution in [0.3, 0.4) is 0 Å². The summed E-state index contributed by atoms with van der Waals surface area (Å²) >= 11 is 0. The van der Waals surface area contributed by atoms with E-state index in [1.165, 1.54) is 0 Å². The Hall–Kier alpha value is -2.11. The van der Waals surface area contributed by atoms with E-state index in [0.29, 0.717) is 19.4 Å². The number of nitrogens with zero attached hydrogens (tertiary/aromatic N) is 1. The van der Waals surface area contributed by atoms with Crippen molar-refractivity contribution in [3.05, 3.63) is 30.1 Å². The molecule has 0 aliphatic heterocycles. The summed E-state index contributed by atoms with van der Waals surface area (Å²) in [5, 5.41) is 14.7. The number of carbonyl (C=O) groups excluding carboxylic acids is 1. The van der Waals surface area contributed by atoms with Crippen molar-refractivity contribution < 1.29 is 14.7 Å². The Balaban J connectivity index is 1.63. The minimum absolute atomic E-state index is 0.0847. The van der Waals surface area contributed by atoms with Crippen LogP contribution in [0.25, 0.3) is 0 Å². The highest BCUT2D eigenvalue weighted by atomic mass is 16.4. The van der Waals surface area contributed by atoms with Gasteiger partial charge in [0.25, 0.3) is 0 Å². The molecule has 0 spiro atoms. The van der Waals surface area contributed by atoms with Crippen LogP contribution in [0.5, 0.6) is 0 Å². The molecule has 1 heterocycles. The van der Waals surface area contributed by atoms with Crippen LogP contribution >= 0.6 is 0 Å². The fraction of sp³-hybridized carbons (Fsp3) is 0.533. The lowest BCUT2D eigenvalue weighted by molar-refractivity contribution is -0.142. The van der Waals surface area contributed by atoms with Crippen molar-refractivity contribution in [2.75, 3.05) is 6.54 Å². The quantitative estimate of drug-likeness (QED) is 0.768. The second-order valence-electron chi connectivity index (χ2n) is 5.39. The van der Waals surface area contributed by atoms with E-state index in [1.807, 2.05) is 12.1 Å². The van der Waals surface area contributed by atoms with Crippen LogP contribution in [-0.2, 0) is 11.2 Å². The van der Waals surface area contributed by atoms with Crippen LogP contribution in [0.1, 0.15) is 31.2 Å². The van der Waals surface area contributed by atoms with E-state index in [2.05, 4.69) is 15.6 Å². The predicted molar refractivity (Wildman–Crippen MR) is 77.9 cm³/mol. The molecule has 0 unspecified atom stereocenters. The van der Waals surface area contributed by atoms with Gasteiger partial charge in [-0.05, 0) is 49.8 Å². The molecule has 114 valence electrons. The summed E-state index contributed by atoms with van der Waals surface area (Å²) in [5.74, 6) is -0.979. The highest BCUT2D eigenvalue weighted by Gasteiger charge is 2.26. The number of nitrogens with one attached hydrogen (secondary N) is 2. The van der Waals surface area contributed by atoms with Gasteiger partial charge in [-0.1, -0.05) is 0 Å². The summed E-state index contributed by atoms with van der Waals surface area (Å²) in [6.45, 7) is 0.570. The van der Waals surface area contributed by atoms with E-state index in [1.54, 1.807) is 12.4 Å². The van der Waals surface area contributed by atoms with Gasteiger partial charge in [0.2, 0.25) is 0 Å². The molecule has 1 aliphatic rings. The fourth-order valence-electron chi connectivity index (χ4n) is 2.59. The first-order chi connectivity index (χ1) is 10.1. The number of amides is 2. The third kappa shape index (κ3) is 5.06. The SMILES string of the molecule is O=C(NCCc1ccncc1)NC1CCC(C(=O)O)CC1. The second kappa shape index (κ2) is 7.61. The molecule has 0 radical (unpaired) electrons. The van der Waals surface area contributed by atoms with Crippen LogP contribution in [0.4, 0.5) is 4.79 Å². The first kappa shape index (κ1) is 15.3. The van der Waals surface area contributed by atoms with Crippen LogP contribution < -0.4 is 10.6 Å². The number of carboxylic acids is 1. The first-order valence-corrected chi connectivity index (χ1v) is 7.31. The Morgan fingerprint density at radius 2 is 1.86 bits per heavy atom. The molecular formula is C15H21N3O3. The molecule has 1 saturated carbocycles. The highest BCUT2D eigenvalue weighted by Crippen LogP contribution is 2.24. The monoisotopic (exact) mass is 291 g/mol. The number of urea groups is 1. The number of hydrogen-bond donors (Lipinski definition) is 3. The normalized spacial score (nSPS) is 21.5. The lowest BCUT2D eigenvalue weighted by Gasteiger charge is -2.26. The van der Waals surface area contributed by atoms with Crippen molar-refractivity contribution in [1.29, 1.82) is 0 Å². The number of pyridine rings is 1. The van der Waals surface area contributed by atoms with E-state index in [-0.39, 0.29) is 18.0 Å². The summed E-state index contributed by atoms with van der Waals surface area (Å²) in [4.78, 5) is 26.6. The average Bonchev–Trinajstić information content (AvgIpc) is 2.49. The van der Waals surface area contributed by atoms with Crippen molar-refractivity contribution in [3.63, 3.8) is 0 Å². The third-order valence-corrected chi connectivity index (χ3v) is 3.86. The van der Waals surface area contributed by atoms with Crippen molar-refractivity contribution in [1.82, 2.24) is 15.6 Å². The molecule has 1 fully saturated rings. The molecule has 6 heteroatoms. The topological polar surface area (TPSA) is 91.3 Å². The molecule has 1 aliphatic carbocycles. The van der Waals surface area contributed by atoms with Gasteiger partial charge in [0.15, 0.2) is 0 Å². The van der Waals surface area contributed by atoms with E-state index >= 15 is 0 Å². The standard InChI is InChI=1S/C15H21N3O3/c19-14(20)12-1-3-13(4-2-12)18-15(21)17-10-7-11-5-8-16-9-6-11/h5-6,8-9,12-13H,1-4,7,10H2,(H,19,20)(H2,17,18,21). The molecule has 0 saturated heterocycles. The molecule has 2 amide bonds. The molecule has 2 rings (SSSR count). The van der Waals surface area contributed by atoms with Gasteiger partial charge in [-0.15, -0.1) is 0 Å². The zero-order valence-electron chi connectivity index (χ0n) is 11.9. The maximum absolute atomic E-state index is 11.8. The number of aromatic nitrogens is 1. The maximum atomic E-state index is 11.8. The lowest BCUT2D eigenvalue weighted by Crippen LogP contribution is -2.44. The van der Waals surface area contributed by atoms with E-state index in [0.717, 1.165) is 24.8 Å². The number of rotatable bonds is 5. The summed E-state index contributed by atoms with van der Waals surface area (Å²) in [5.41, 5.74) is 1.13. The van der Waals surface area contributed by atoms with Crippen molar-refractivity contribution in [2.24, 2.45) is 5.92 Å². The molecular weight excluding hydrogens is 270 g/mol. The largest absolute Gasteiger partial charge is 0.481 e. The Kier molecular flexibility index (Phi) is 5.54. The Bertz CT molecular complexity index is 470. The van der Waals surface area contributed by atoms with Crippen molar-refractivity contribution in [2.45, 2.75) is 38.1 Å². The van der Waals surface area contributed by atoms with Crippen molar-refractivity contribution >= 4 is 12.0 Å². The average molecular weight is 291 g/mol. The van der Waals surface area contributed by atoms with Gasteiger partial charge in [0.05, 0.1) is 5.92 Å². The van der Waals surface area contributed by atoms with E-state index < -0.39 is 5.97 Å². The maximum Gasteiger partial charge on any atom is 0.315 e. The van der Waals surface area contributed by atoms with Gasteiger partial charge in [-0.25, -0.2) is 4.79 Å². The summed E-state index contributed by atoms with van der Waals surface area (Å²) in [7, 11) is 0. The summed E-state index contributed by atoms with van der Waals surface area (Å²) < 4.78 is 0. The van der Waals surface area contributed by atoms with E-state index in [9.17, 15) is 9.59 Å². The summed E-state index contributed by atoms with van der Waals surface area (Å²) in [6, 6.07) is 3.75. The van der Waals surface area contributed by atoms with Gasteiger partial charge in [-0.2, -0.15) is 0 Å². The van der Waals surface area contributed by atoms with E-state index in [4.69, 9.17) is 5.11 Å². The lowest BCUT2D eigenvalue weighted by atomic mass is 9.86. The number of carboxylic acid groups (broad SMARTS) is 1. The second-order valence-corrected chi connectivity index (χ2v) is 5.39. The molecule has 3 N–H and O–H groups in total.